The van der Waals surface area contributed by atoms with Crippen molar-refractivity contribution in [2.45, 2.75) is 31.4 Å². The highest BCUT2D eigenvalue weighted by Crippen LogP contribution is 2.22. The molecule has 0 saturated carbocycles. The van der Waals surface area contributed by atoms with Crippen LogP contribution < -0.4 is 10.1 Å². The molecule has 0 bridgehead atoms. The highest BCUT2D eigenvalue weighted by atomic mass is 16.5. The Balaban J connectivity index is 2.10. The van der Waals surface area contributed by atoms with Crippen molar-refractivity contribution in [2.75, 3.05) is 20.8 Å². The fourth-order valence-electron chi connectivity index (χ4n) is 2.39. The molecule has 6 heteroatoms. The summed E-state index contributed by atoms with van der Waals surface area (Å²) in [6, 6.07) is 6.77. The van der Waals surface area contributed by atoms with E-state index in [0.29, 0.717) is 18.8 Å². The summed E-state index contributed by atoms with van der Waals surface area (Å²) in [7, 11) is 2.91. The topological polar surface area (TPSA) is 73.9 Å². The van der Waals surface area contributed by atoms with Crippen LogP contribution in [0.1, 0.15) is 30.9 Å². The molecule has 120 valence electrons. The quantitative estimate of drug-likeness (QED) is 0.808. The lowest BCUT2D eigenvalue weighted by Gasteiger charge is -2.20. The molecule has 1 amide bonds. The van der Waals surface area contributed by atoms with Gasteiger partial charge in [-0.1, -0.05) is 12.1 Å². The number of benzene rings is 1. The Morgan fingerprint density at radius 2 is 2.05 bits per heavy atom. The predicted molar refractivity (Wildman–Crippen MR) is 79.5 cm³/mol. The number of carbonyl (C=O) groups is 2. The summed E-state index contributed by atoms with van der Waals surface area (Å²) >= 11 is 0. The summed E-state index contributed by atoms with van der Waals surface area (Å²) in [6.07, 6.45) is 1.22. The number of amides is 1. The Bertz CT molecular complexity index is 508. The van der Waals surface area contributed by atoms with Gasteiger partial charge in [-0.3, -0.25) is 9.59 Å². The van der Waals surface area contributed by atoms with Gasteiger partial charge < -0.3 is 19.5 Å². The van der Waals surface area contributed by atoms with Gasteiger partial charge in [0.2, 0.25) is 5.91 Å². The molecule has 22 heavy (non-hydrogen) atoms. The molecule has 0 unspecified atom stereocenters. The average Bonchev–Trinajstić information content (AvgIpc) is 3.08. The van der Waals surface area contributed by atoms with Crippen LogP contribution in [-0.2, 0) is 19.1 Å². The maximum Gasteiger partial charge on any atom is 0.307 e. The molecule has 0 aromatic heterocycles. The molecule has 1 aromatic rings. The fraction of sp³-hybridized carbons (Fsp3) is 0.500. The second-order valence-corrected chi connectivity index (χ2v) is 5.12. The molecular formula is C16H21NO5. The Labute approximate surface area is 129 Å². The van der Waals surface area contributed by atoms with Crippen LogP contribution >= 0.6 is 0 Å². The molecule has 1 aromatic carbocycles. The lowest BCUT2D eigenvalue weighted by molar-refractivity contribution is -0.141. The van der Waals surface area contributed by atoms with Crippen LogP contribution in [0.3, 0.4) is 0 Å². The summed E-state index contributed by atoms with van der Waals surface area (Å²) in [6.45, 7) is 0.599. The van der Waals surface area contributed by atoms with Crippen molar-refractivity contribution in [1.29, 1.82) is 0 Å². The monoisotopic (exact) mass is 307 g/mol. The lowest BCUT2D eigenvalue weighted by Crippen LogP contribution is -2.37. The van der Waals surface area contributed by atoms with E-state index in [4.69, 9.17) is 14.2 Å². The largest absolute Gasteiger partial charge is 0.497 e. The minimum absolute atomic E-state index is 0.0707. The van der Waals surface area contributed by atoms with Gasteiger partial charge in [-0.25, -0.2) is 0 Å². The van der Waals surface area contributed by atoms with Gasteiger partial charge in [0.15, 0.2) is 0 Å². The smallest absolute Gasteiger partial charge is 0.307 e. The van der Waals surface area contributed by atoms with E-state index in [1.54, 1.807) is 19.2 Å². The number of hydrogen-bond acceptors (Lipinski definition) is 5. The normalized spacial score (nSPS) is 18.5. The maximum absolute atomic E-state index is 12.2. The maximum atomic E-state index is 12.2. The van der Waals surface area contributed by atoms with Crippen molar-refractivity contribution in [2.24, 2.45) is 0 Å². The van der Waals surface area contributed by atoms with E-state index in [2.05, 4.69) is 5.32 Å². The summed E-state index contributed by atoms with van der Waals surface area (Å²) in [5, 5.41) is 2.87. The number of rotatable bonds is 6. The van der Waals surface area contributed by atoms with Gasteiger partial charge in [0, 0.05) is 6.61 Å². The van der Waals surface area contributed by atoms with Crippen LogP contribution in [-0.4, -0.2) is 38.8 Å². The van der Waals surface area contributed by atoms with Crippen LogP contribution in [0.15, 0.2) is 24.3 Å². The van der Waals surface area contributed by atoms with Crippen LogP contribution in [0.4, 0.5) is 0 Å². The van der Waals surface area contributed by atoms with E-state index in [1.165, 1.54) is 7.11 Å². The molecule has 1 N–H and O–H groups in total. The highest BCUT2D eigenvalue weighted by molar-refractivity contribution is 5.82. The van der Waals surface area contributed by atoms with Gasteiger partial charge in [-0.2, -0.15) is 0 Å². The standard InChI is InChI=1S/C16H21NO5/c1-20-12-7-5-11(6-8-12)13(10-15(18)21-2)17-16(19)14-4-3-9-22-14/h5-8,13-14H,3-4,9-10H2,1-2H3,(H,17,19)/t13-,14+/m0/s1. The molecule has 1 fully saturated rings. The molecule has 1 heterocycles. The van der Waals surface area contributed by atoms with Crippen molar-refractivity contribution in [3.05, 3.63) is 29.8 Å². The first-order valence-electron chi connectivity index (χ1n) is 7.26. The zero-order chi connectivity index (χ0) is 15.9. The number of ether oxygens (including phenoxy) is 3. The Kier molecular flexibility index (Phi) is 5.77. The highest BCUT2D eigenvalue weighted by Gasteiger charge is 2.27. The average molecular weight is 307 g/mol. The molecule has 2 atom stereocenters. The Morgan fingerprint density at radius 1 is 1.32 bits per heavy atom. The first-order valence-corrected chi connectivity index (χ1v) is 7.26. The third-order valence-electron chi connectivity index (χ3n) is 3.66. The Hall–Kier alpha value is -2.08. The van der Waals surface area contributed by atoms with Gasteiger partial charge >= 0.3 is 5.97 Å². The SMILES string of the molecule is COC(=O)C[C@H](NC(=O)[C@H]1CCCO1)c1ccc(OC)cc1. The Morgan fingerprint density at radius 3 is 2.59 bits per heavy atom. The van der Waals surface area contributed by atoms with E-state index in [1.807, 2.05) is 12.1 Å². The van der Waals surface area contributed by atoms with E-state index >= 15 is 0 Å². The number of hydrogen-bond donors (Lipinski definition) is 1. The van der Waals surface area contributed by atoms with Crippen LogP contribution in [0.25, 0.3) is 0 Å². The molecule has 0 aliphatic carbocycles. The summed E-state index contributed by atoms with van der Waals surface area (Å²) in [5.41, 5.74) is 0.817. The van der Waals surface area contributed by atoms with Gasteiger partial charge in [0.25, 0.3) is 0 Å². The van der Waals surface area contributed by atoms with Crippen molar-refractivity contribution in [1.82, 2.24) is 5.32 Å². The fourth-order valence-corrected chi connectivity index (χ4v) is 2.39. The van der Waals surface area contributed by atoms with Crippen LogP contribution in [0, 0.1) is 0 Å². The third kappa shape index (κ3) is 4.21. The van der Waals surface area contributed by atoms with Gasteiger partial charge in [-0.15, -0.1) is 0 Å². The molecule has 1 aliphatic heterocycles. The van der Waals surface area contributed by atoms with E-state index in [9.17, 15) is 9.59 Å². The lowest BCUT2D eigenvalue weighted by atomic mass is 10.0. The first-order chi connectivity index (χ1) is 10.6. The van der Waals surface area contributed by atoms with E-state index < -0.39 is 12.1 Å². The third-order valence-corrected chi connectivity index (χ3v) is 3.66. The second-order valence-electron chi connectivity index (χ2n) is 5.12. The minimum Gasteiger partial charge on any atom is -0.497 e. The molecular weight excluding hydrogens is 286 g/mol. The number of methoxy groups -OCH3 is 2. The van der Waals surface area contributed by atoms with E-state index in [-0.39, 0.29) is 18.3 Å². The van der Waals surface area contributed by atoms with Crippen molar-refractivity contribution >= 4 is 11.9 Å². The van der Waals surface area contributed by atoms with Crippen molar-refractivity contribution < 1.29 is 23.8 Å². The van der Waals surface area contributed by atoms with Gasteiger partial charge in [-0.05, 0) is 30.5 Å². The van der Waals surface area contributed by atoms with Crippen molar-refractivity contribution in [3.8, 4) is 5.75 Å². The zero-order valence-electron chi connectivity index (χ0n) is 12.8. The molecule has 1 saturated heterocycles. The van der Waals surface area contributed by atoms with Crippen molar-refractivity contribution in [3.63, 3.8) is 0 Å². The predicted octanol–water partition coefficient (Wildman–Crippen LogP) is 1.59. The summed E-state index contributed by atoms with van der Waals surface area (Å²) in [5.74, 6) is 0.140. The second kappa shape index (κ2) is 7.79. The zero-order valence-corrected chi connectivity index (χ0v) is 12.8. The number of nitrogens with one attached hydrogen (secondary N) is 1. The van der Waals surface area contributed by atoms with E-state index in [0.717, 1.165) is 12.0 Å². The molecule has 0 spiro atoms. The number of carbonyl (C=O) groups excluding carboxylic acids is 2. The van der Waals surface area contributed by atoms with Gasteiger partial charge in [0.1, 0.15) is 11.9 Å². The molecule has 2 rings (SSSR count). The molecule has 1 aliphatic rings. The summed E-state index contributed by atoms with van der Waals surface area (Å²) in [4.78, 5) is 23.8. The minimum atomic E-state index is -0.449. The van der Waals surface area contributed by atoms with Crippen LogP contribution in [0.5, 0.6) is 5.75 Å². The molecule has 6 nitrogen and oxygen atoms in total. The molecule has 0 radical (unpaired) electrons. The number of esters is 1. The van der Waals surface area contributed by atoms with Gasteiger partial charge in [0.05, 0.1) is 26.7 Å². The van der Waals surface area contributed by atoms with Crippen LogP contribution in [0.2, 0.25) is 0 Å². The summed E-state index contributed by atoms with van der Waals surface area (Å²) < 4.78 is 15.2. The first kappa shape index (κ1) is 16.3.